The SMILES string of the molecule is COc1ccc(-c2nn(-c3ccccc3)cc2C(=O)Nc2nc3cc(Cl)ccc3n2C)c(OC)c1. The van der Waals surface area contributed by atoms with E-state index in [4.69, 9.17) is 26.2 Å². The number of amides is 1. The molecule has 0 atom stereocenters. The van der Waals surface area contributed by atoms with Crippen molar-refractivity contribution in [2.45, 2.75) is 0 Å². The van der Waals surface area contributed by atoms with Crippen LogP contribution in [0.15, 0.2) is 72.9 Å². The van der Waals surface area contributed by atoms with Crippen LogP contribution < -0.4 is 14.8 Å². The molecule has 0 aliphatic carbocycles. The van der Waals surface area contributed by atoms with Crippen LogP contribution in [0.3, 0.4) is 0 Å². The molecule has 1 N–H and O–H groups in total. The van der Waals surface area contributed by atoms with Gasteiger partial charge in [-0.05, 0) is 42.5 Å². The molecule has 1 amide bonds. The van der Waals surface area contributed by atoms with Gasteiger partial charge in [-0.15, -0.1) is 0 Å². The zero-order valence-electron chi connectivity index (χ0n) is 19.3. The van der Waals surface area contributed by atoms with Crippen molar-refractivity contribution in [3.63, 3.8) is 0 Å². The number of benzene rings is 3. The zero-order valence-corrected chi connectivity index (χ0v) is 20.1. The normalized spacial score (nSPS) is 11.0. The highest BCUT2D eigenvalue weighted by atomic mass is 35.5. The fourth-order valence-electron chi connectivity index (χ4n) is 3.90. The number of para-hydroxylation sites is 1. The third kappa shape index (κ3) is 4.20. The number of anilines is 1. The van der Waals surface area contributed by atoms with Crippen LogP contribution in [0.2, 0.25) is 5.02 Å². The average Bonchev–Trinajstić information content (AvgIpc) is 3.45. The van der Waals surface area contributed by atoms with Gasteiger partial charge >= 0.3 is 0 Å². The van der Waals surface area contributed by atoms with Crippen LogP contribution in [0.5, 0.6) is 11.5 Å². The number of carbonyl (C=O) groups excluding carboxylic acids is 1. The minimum absolute atomic E-state index is 0.357. The van der Waals surface area contributed by atoms with Crippen molar-refractivity contribution in [2.24, 2.45) is 7.05 Å². The number of aryl methyl sites for hydroxylation is 1. The number of nitrogens with zero attached hydrogens (tertiary/aromatic N) is 4. The third-order valence-electron chi connectivity index (χ3n) is 5.71. The van der Waals surface area contributed by atoms with Crippen molar-refractivity contribution in [2.75, 3.05) is 19.5 Å². The fourth-order valence-corrected chi connectivity index (χ4v) is 4.07. The Kier molecular flexibility index (Phi) is 5.88. The summed E-state index contributed by atoms with van der Waals surface area (Å²) in [7, 11) is 4.98. The van der Waals surface area contributed by atoms with E-state index in [1.54, 1.807) is 53.9 Å². The highest BCUT2D eigenvalue weighted by Gasteiger charge is 2.23. The highest BCUT2D eigenvalue weighted by molar-refractivity contribution is 6.31. The molecule has 5 aromatic rings. The van der Waals surface area contributed by atoms with Crippen molar-refractivity contribution in [1.82, 2.24) is 19.3 Å². The maximum atomic E-state index is 13.6. The van der Waals surface area contributed by atoms with Crippen LogP contribution in [0.4, 0.5) is 5.95 Å². The monoisotopic (exact) mass is 487 g/mol. The van der Waals surface area contributed by atoms with Gasteiger partial charge in [-0.2, -0.15) is 5.10 Å². The van der Waals surface area contributed by atoms with Crippen molar-refractivity contribution < 1.29 is 14.3 Å². The first-order chi connectivity index (χ1) is 17.0. The van der Waals surface area contributed by atoms with Gasteiger partial charge in [0, 0.05) is 29.9 Å². The molecule has 0 spiro atoms. The lowest BCUT2D eigenvalue weighted by Gasteiger charge is -2.10. The molecule has 0 saturated heterocycles. The third-order valence-corrected chi connectivity index (χ3v) is 5.95. The van der Waals surface area contributed by atoms with Crippen LogP contribution in [0, 0.1) is 0 Å². The Hall–Kier alpha value is -4.30. The van der Waals surface area contributed by atoms with Gasteiger partial charge in [0.05, 0.1) is 36.5 Å². The number of hydrogen-bond acceptors (Lipinski definition) is 5. The molecule has 3 aromatic carbocycles. The summed E-state index contributed by atoms with van der Waals surface area (Å²) in [6.45, 7) is 0. The minimum Gasteiger partial charge on any atom is -0.497 e. The number of fused-ring (bicyclic) bond motifs is 1. The van der Waals surface area contributed by atoms with Crippen LogP contribution >= 0.6 is 11.6 Å². The maximum absolute atomic E-state index is 13.6. The second kappa shape index (κ2) is 9.15. The lowest BCUT2D eigenvalue weighted by atomic mass is 10.1. The van der Waals surface area contributed by atoms with Crippen molar-refractivity contribution >= 4 is 34.5 Å². The molecule has 8 nitrogen and oxygen atoms in total. The quantitative estimate of drug-likeness (QED) is 0.349. The van der Waals surface area contributed by atoms with E-state index in [9.17, 15) is 4.79 Å². The average molecular weight is 488 g/mol. The first-order valence-corrected chi connectivity index (χ1v) is 11.2. The molecule has 35 heavy (non-hydrogen) atoms. The molecule has 0 unspecified atom stereocenters. The molecule has 9 heteroatoms. The van der Waals surface area contributed by atoms with E-state index in [0.717, 1.165) is 11.2 Å². The Morgan fingerprint density at radius 3 is 2.54 bits per heavy atom. The van der Waals surface area contributed by atoms with Gasteiger partial charge < -0.3 is 14.0 Å². The van der Waals surface area contributed by atoms with Gasteiger partial charge in [0.25, 0.3) is 5.91 Å². The van der Waals surface area contributed by atoms with Gasteiger partial charge in [-0.3, -0.25) is 10.1 Å². The number of hydrogen-bond donors (Lipinski definition) is 1. The van der Waals surface area contributed by atoms with E-state index >= 15 is 0 Å². The summed E-state index contributed by atoms with van der Waals surface area (Å²) < 4.78 is 14.4. The van der Waals surface area contributed by atoms with E-state index in [0.29, 0.717) is 44.8 Å². The number of carbonyl (C=O) groups is 1. The summed E-state index contributed by atoms with van der Waals surface area (Å²) in [6, 6.07) is 20.4. The number of methoxy groups -OCH3 is 2. The predicted molar refractivity (Wildman–Crippen MR) is 136 cm³/mol. The number of rotatable bonds is 6. The van der Waals surface area contributed by atoms with Crippen molar-refractivity contribution in [1.29, 1.82) is 0 Å². The van der Waals surface area contributed by atoms with E-state index < -0.39 is 0 Å². The number of ether oxygens (including phenoxy) is 2. The van der Waals surface area contributed by atoms with Crippen molar-refractivity contribution in [3.05, 3.63) is 83.5 Å². The molecule has 0 aliphatic rings. The van der Waals surface area contributed by atoms with Gasteiger partial charge in [0.15, 0.2) is 0 Å². The summed E-state index contributed by atoms with van der Waals surface area (Å²) in [6.07, 6.45) is 1.70. The summed E-state index contributed by atoms with van der Waals surface area (Å²) in [5.74, 6) is 1.21. The van der Waals surface area contributed by atoms with Crippen LogP contribution in [0.1, 0.15) is 10.4 Å². The maximum Gasteiger partial charge on any atom is 0.261 e. The first-order valence-electron chi connectivity index (χ1n) is 10.8. The second-order valence-electron chi connectivity index (χ2n) is 7.82. The molecular formula is C26H22ClN5O3. The molecule has 2 heterocycles. The molecule has 176 valence electrons. The van der Waals surface area contributed by atoms with Gasteiger partial charge in [0.1, 0.15) is 17.2 Å². The lowest BCUT2D eigenvalue weighted by Crippen LogP contribution is -2.15. The first kappa shape index (κ1) is 22.5. The lowest BCUT2D eigenvalue weighted by molar-refractivity contribution is 0.102. The number of aromatic nitrogens is 4. The molecule has 0 radical (unpaired) electrons. The summed E-state index contributed by atoms with van der Waals surface area (Å²) in [5, 5.41) is 8.24. The second-order valence-corrected chi connectivity index (χ2v) is 8.26. The van der Waals surface area contributed by atoms with E-state index in [2.05, 4.69) is 10.3 Å². The van der Waals surface area contributed by atoms with E-state index in [-0.39, 0.29) is 5.91 Å². The number of nitrogens with one attached hydrogen (secondary N) is 1. The Bertz CT molecular complexity index is 1540. The smallest absolute Gasteiger partial charge is 0.261 e. The molecule has 2 aromatic heterocycles. The Labute approximate surface area is 206 Å². The van der Waals surface area contributed by atoms with Crippen LogP contribution in [-0.2, 0) is 7.05 Å². The van der Waals surface area contributed by atoms with Crippen LogP contribution in [-0.4, -0.2) is 39.5 Å². The molecule has 0 aliphatic heterocycles. The molecular weight excluding hydrogens is 466 g/mol. The largest absolute Gasteiger partial charge is 0.497 e. The highest BCUT2D eigenvalue weighted by Crippen LogP contribution is 2.35. The topological polar surface area (TPSA) is 83.2 Å². The van der Waals surface area contributed by atoms with Gasteiger partial charge in [0.2, 0.25) is 5.95 Å². The standard InChI is InChI=1S/C26H22ClN5O3/c1-31-22-12-9-16(27)13-21(22)28-26(31)29-25(33)20-15-32(17-7-5-4-6-8-17)30-24(20)19-11-10-18(34-2)14-23(19)35-3/h4-15H,1-3H3,(H,28,29,33). The van der Waals surface area contributed by atoms with E-state index in [1.807, 2.05) is 49.5 Å². The zero-order chi connectivity index (χ0) is 24.5. The summed E-state index contributed by atoms with van der Waals surface area (Å²) in [4.78, 5) is 18.1. The minimum atomic E-state index is -0.357. The van der Waals surface area contributed by atoms with Gasteiger partial charge in [-0.25, -0.2) is 9.67 Å². The molecule has 0 saturated carbocycles. The fraction of sp³-hybridized carbons (Fsp3) is 0.115. The Morgan fingerprint density at radius 2 is 1.80 bits per heavy atom. The Morgan fingerprint density at radius 1 is 1.00 bits per heavy atom. The van der Waals surface area contributed by atoms with Gasteiger partial charge in [-0.1, -0.05) is 29.8 Å². The number of imidazole rings is 1. The van der Waals surface area contributed by atoms with Crippen molar-refractivity contribution in [3.8, 4) is 28.4 Å². The van der Waals surface area contributed by atoms with E-state index in [1.165, 1.54) is 0 Å². The predicted octanol–water partition coefficient (Wildman–Crippen LogP) is 5.35. The summed E-state index contributed by atoms with van der Waals surface area (Å²) in [5.41, 5.74) is 3.84. The number of halogens is 1. The molecule has 5 rings (SSSR count). The summed E-state index contributed by atoms with van der Waals surface area (Å²) >= 11 is 6.11. The Balaban J connectivity index is 1.61. The molecule has 0 bridgehead atoms. The van der Waals surface area contributed by atoms with Crippen LogP contribution in [0.25, 0.3) is 28.0 Å². The molecule has 0 fully saturated rings.